The van der Waals surface area contributed by atoms with E-state index >= 15 is 0 Å². The van der Waals surface area contributed by atoms with Crippen molar-refractivity contribution in [3.8, 4) is 5.75 Å². The summed E-state index contributed by atoms with van der Waals surface area (Å²) in [4.78, 5) is 16.3. The van der Waals surface area contributed by atoms with Gasteiger partial charge in [0.25, 0.3) is 0 Å². The number of nitrogens with zero attached hydrogens (tertiary/aromatic N) is 1. The molecule has 1 aromatic carbocycles. The first kappa shape index (κ1) is 18.4. The largest absolute Gasteiger partial charge is 0.493 e. The van der Waals surface area contributed by atoms with Gasteiger partial charge in [-0.05, 0) is 55.5 Å². The van der Waals surface area contributed by atoms with Crippen LogP contribution < -0.4 is 15.4 Å². The zero-order valence-corrected chi connectivity index (χ0v) is 15.3. The molecule has 0 saturated carbocycles. The highest BCUT2D eigenvalue weighted by Gasteiger charge is 2.19. The van der Waals surface area contributed by atoms with Crippen LogP contribution in [-0.2, 0) is 17.8 Å². The van der Waals surface area contributed by atoms with E-state index in [2.05, 4.69) is 34.7 Å². The van der Waals surface area contributed by atoms with Gasteiger partial charge in [0, 0.05) is 31.4 Å². The summed E-state index contributed by atoms with van der Waals surface area (Å²) < 4.78 is 5.90. The van der Waals surface area contributed by atoms with Gasteiger partial charge in [0.1, 0.15) is 5.75 Å². The van der Waals surface area contributed by atoms with Crippen molar-refractivity contribution in [1.82, 2.24) is 15.6 Å². The van der Waals surface area contributed by atoms with Gasteiger partial charge < -0.3 is 15.4 Å². The summed E-state index contributed by atoms with van der Waals surface area (Å²) in [6, 6.07) is 12.0. The highest BCUT2D eigenvalue weighted by Crippen LogP contribution is 2.19. The van der Waals surface area contributed by atoms with Gasteiger partial charge in [-0.15, -0.1) is 0 Å². The monoisotopic (exact) mass is 353 g/mol. The second kappa shape index (κ2) is 9.34. The van der Waals surface area contributed by atoms with Crippen molar-refractivity contribution in [1.29, 1.82) is 0 Å². The summed E-state index contributed by atoms with van der Waals surface area (Å²) in [5, 5.41) is 6.34. The smallest absolute Gasteiger partial charge is 0.237 e. The molecule has 2 N–H and O–H groups in total. The van der Waals surface area contributed by atoms with Gasteiger partial charge in [0.05, 0.1) is 12.6 Å². The number of hydrogen-bond donors (Lipinski definition) is 2. The maximum Gasteiger partial charge on any atom is 0.237 e. The molecule has 2 aromatic rings. The molecule has 1 aromatic heterocycles. The molecule has 1 aliphatic rings. The molecule has 3 rings (SSSR count). The number of aromatic nitrogens is 1. The highest BCUT2D eigenvalue weighted by atomic mass is 16.5. The minimum atomic E-state index is -0.0906. The van der Waals surface area contributed by atoms with E-state index in [-0.39, 0.29) is 11.9 Å². The van der Waals surface area contributed by atoms with Crippen LogP contribution in [0.3, 0.4) is 0 Å². The molecule has 5 heteroatoms. The van der Waals surface area contributed by atoms with Gasteiger partial charge in [-0.1, -0.05) is 18.2 Å². The Morgan fingerprint density at radius 1 is 1.27 bits per heavy atom. The van der Waals surface area contributed by atoms with E-state index in [0.29, 0.717) is 13.2 Å². The fourth-order valence-electron chi connectivity index (χ4n) is 3.17. The molecular formula is C21H27N3O2. The molecule has 0 bridgehead atoms. The molecule has 1 aliphatic heterocycles. The van der Waals surface area contributed by atoms with E-state index in [9.17, 15) is 4.79 Å². The van der Waals surface area contributed by atoms with Crippen LogP contribution in [0, 0.1) is 6.92 Å². The van der Waals surface area contributed by atoms with E-state index in [1.807, 2.05) is 24.3 Å². The predicted octanol–water partition coefficient (Wildman–Crippen LogP) is 2.77. The van der Waals surface area contributed by atoms with Crippen LogP contribution in [0.15, 0.2) is 42.6 Å². The minimum Gasteiger partial charge on any atom is -0.493 e. The van der Waals surface area contributed by atoms with Crippen molar-refractivity contribution in [2.24, 2.45) is 0 Å². The topological polar surface area (TPSA) is 63.2 Å². The minimum absolute atomic E-state index is 0.0906. The van der Waals surface area contributed by atoms with E-state index in [4.69, 9.17) is 4.74 Å². The Kier molecular flexibility index (Phi) is 6.61. The van der Waals surface area contributed by atoms with Crippen molar-refractivity contribution in [2.75, 3.05) is 13.2 Å². The van der Waals surface area contributed by atoms with Crippen molar-refractivity contribution in [3.63, 3.8) is 0 Å². The Bertz CT molecular complexity index is 718. The third-order valence-corrected chi connectivity index (χ3v) is 4.67. The SMILES string of the molecule is Cc1cc(CNC2CCCCNC2=O)ccc1OCCc1ccccn1. The number of amides is 1. The number of aryl methyl sites for hydroxylation is 1. The lowest BCUT2D eigenvalue weighted by atomic mass is 10.1. The van der Waals surface area contributed by atoms with Crippen LogP contribution in [0.2, 0.25) is 0 Å². The van der Waals surface area contributed by atoms with Crippen molar-refractivity contribution in [3.05, 3.63) is 59.4 Å². The van der Waals surface area contributed by atoms with Gasteiger partial charge in [-0.2, -0.15) is 0 Å². The van der Waals surface area contributed by atoms with Crippen LogP contribution in [0.25, 0.3) is 0 Å². The third kappa shape index (κ3) is 5.30. The molecule has 0 radical (unpaired) electrons. The van der Waals surface area contributed by atoms with E-state index < -0.39 is 0 Å². The lowest BCUT2D eigenvalue weighted by Gasteiger charge is -2.16. The maximum atomic E-state index is 12.0. The summed E-state index contributed by atoms with van der Waals surface area (Å²) in [7, 11) is 0. The number of ether oxygens (including phenoxy) is 1. The van der Waals surface area contributed by atoms with Gasteiger partial charge in [0.2, 0.25) is 5.91 Å². The van der Waals surface area contributed by atoms with Crippen LogP contribution in [0.1, 0.15) is 36.1 Å². The van der Waals surface area contributed by atoms with Crippen LogP contribution >= 0.6 is 0 Å². The standard InChI is InChI=1S/C21H27N3O2/c1-16-14-17(15-24-19-7-3-5-12-23-21(19)25)8-9-20(16)26-13-10-18-6-2-4-11-22-18/h2,4,6,8-9,11,14,19,24H,3,5,7,10,12-13,15H2,1H3,(H,23,25). The predicted molar refractivity (Wildman–Crippen MR) is 102 cm³/mol. The lowest BCUT2D eigenvalue weighted by molar-refractivity contribution is -0.122. The molecule has 0 spiro atoms. The zero-order chi connectivity index (χ0) is 18.2. The Morgan fingerprint density at radius 3 is 3.00 bits per heavy atom. The average molecular weight is 353 g/mol. The molecule has 1 unspecified atom stereocenters. The molecule has 1 atom stereocenters. The molecule has 2 heterocycles. The first-order valence-corrected chi connectivity index (χ1v) is 9.36. The first-order valence-electron chi connectivity index (χ1n) is 9.36. The molecular weight excluding hydrogens is 326 g/mol. The number of rotatable bonds is 7. The summed E-state index contributed by atoms with van der Waals surface area (Å²) in [6.07, 6.45) is 5.64. The summed E-state index contributed by atoms with van der Waals surface area (Å²) in [5.74, 6) is 1.02. The molecule has 5 nitrogen and oxygen atoms in total. The molecule has 1 amide bonds. The van der Waals surface area contributed by atoms with Crippen LogP contribution in [-0.4, -0.2) is 30.1 Å². The summed E-state index contributed by atoms with van der Waals surface area (Å²) in [6.45, 7) is 4.14. The number of nitrogens with one attached hydrogen (secondary N) is 2. The average Bonchev–Trinajstić information content (AvgIpc) is 2.86. The quantitative estimate of drug-likeness (QED) is 0.803. The van der Waals surface area contributed by atoms with E-state index in [0.717, 1.165) is 54.8 Å². The summed E-state index contributed by atoms with van der Waals surface area (Å²) in [5.41, 5.74) is 3.31. The first-order chi connectivity index (χ1) is 12.7. The Labute approximate surface area is 155 Å². The number of carbonyl (C=O) groups excluding carboxylic acids is 1. The molecule has 0 aliphatic carbocycles. The normalized spacial score (nSPS) is 17.4. The highest BCUT2D eigenvalue weighted by molar-refractivity contribution is 5.81. The van der Waals surface area contributed by atoms with E-state index in [1.54, 1.807) is 6.20 Å². The molecule has 1 fully saturated rings. The Morgan fingerprint density at radius 2 is 2.19 bits per heavy atom. The maximum absolute atomic E-state index is 12.0. The second-order valence-electron chi connectivity index (χ2n) is 6.74. The van der Waals surface area contributed by atoms with Crippen molar-refractivity contribution >= 4 is 5.91 Å². The van der Waals surface area contributed by atoms with Gasteiger partial charge in [-0.25, -0.2) is 0 Å². The number of benzene rings is 1. The number of pyridine rings is 1. The Hall–Kier alpha value is -2.40. The zero-order valence-electron chi connectivity index (χ0n) is 15.3. The van der Waals surface area contributed by atoms with Gasteiger partial charge in [-0.3, -0.25) is 9.78 Å². The van der Waals surface area contributed by atoms with Crippen LogP contribution in [0.4, 0.5) is 0 Å². The lowest BCUT2D eigenvalue weighted by Crippen LogP contribution is -2.42. The molecule has 26 heavy (non-hydrogen) atoms. The van der Waals surface area contributed by atoms with E-state index in [1.165, 1.54) is 0 Å². The summed E-state index contributed by atoms with van der Waals surface area (Å²) >= 11 is 0. The number of carbonyl (C=O) groups is 1. The van der Waals surface area contributed by atoms with Crippen molar-refractivity contribution in [2.45, 2.75) is 45.2 Å². The number of hydrogen-bond acceptors (Lipinski definition) is 4. The van der Waals surface area contributed by atoms with Gasteiger partial charge in [0.15, 0.2) is 0 Å². The van der Waals surface area contributed by atoms with Crippen LogP contribution in [0.5, 0.6) is 5.75 Å². The Balaban J connectivity index is 1.49. The van der Waals surface area contributed by atoms with Gasteiger partial charge >= 0.3 is 0 Å². The van der Waals surface area contributed by atoms with Crippen molar-refractivity contribution < 1.29 is 9.53 Å². The third-order valence-electron chi connectivity index (χ3n) is 4.67. The fourth-order valence-corrected chi connectivity index (χ4v) is 3.17. The molecule has 1 saturated heterocycles. The second-order valence-corrected chi connectivity index (χ2v) is 6.74. The fraction of sp³-hybridized carbons (Fsp3) is 0.429. The molecule has 138 valence electrons.